The number of hydrogen-bond donors (Lipinski definition) is 1. The lowest BCUT2D eigenvalue weighted by Gasteiger charge is -2.25. The first-order chi connectivity index (χ1) is 9.41. The van der Waals surface area contributed by atoms with Crippen LogP contribution in [0.4, 0.5) is 5.69 Å². The largest absolute Gasteiger partial charge is 0.493 e. The highest BCUT2D eigenvalue weighted by Gasteiger charge is 2.30. The van der Waals surface area contributed by atoms with Crippen molar-refractivity contribution < 1.29 is 14.3 Å². The fraction of sp³-hybridized carbons (Fsp3) is 0.562. The molecule has 0 bridgehead atoms. The van der Waals surface area contributed by atoms with Crippen molar-refractivity contribution in [1.82, 2.24) is 0 Å². The molecule has 0 unspecified atom stereocenters. The molecule has 0 aliphatic heterocycles. The molecule has 0 heterocycles. The van der Waals surface area contributed by atoms with Crippen LogP contribution >= 0.6 is 0 Å². The van der Waals surface area contributed by atoms with Crippen LogP contribution in [-0.4, -0.2) is 25.2 Å². The summed E-state index contributed by atoms with van der Waals surface area (Å²) in [4.78, 5) is 12.1. The highest BCUT2D eigenvalue weighted by atomic mass is 16.5. The van der Waals surface area contributed by atoms with Gasteiger partial charge in [-0.2, -0.15) is 0 Å². The highest BCUT2D eigenvalue weighted by Crippen LogP contribution is 2.20. The lowest BCUT2D eigenvalue weighted by molar-refractivity contribution is -0.136. The fourth-order valence-corrected chi connectivity index (χ4v) is 1.56. The maximum absolute atomic E-state index is 12.1. The molecule has 1 rings (SSSR count). The van der Waals surface area contributed by atoms with Crippen molar-refractivity contribution in [2.75, 3.05) is 19.0 Å². The molecule has 112 valence electrons. The molecule has 1 aromatic rings. The monoisotopic (exact) mass is 279 g/mol. The van der Waals surface area contributed by atoms with Gasteiger partial charge < -0.3 is 14.8 Å². The van der Waals surface area contributed by atoms with Crippen molar-refractivity contribution >= 4 is 11.6 Å². The van der Waals surface area contributed by atoms with Crippen molar-refractivity contribution in [3.05, 3.63) is 24.3 Å². The van der Waals surface area contributed by atoms with Crippen molar-refractivity contribution in [1.29, 1.82) is 0 Å². The number of benzene rings is 1. The van der Waals surface area contributed by atoms with E-state index in [4.69, 9.17) is 9.47 Å². The molecule has 4 heteroatoms. The molecule has 0 aliphatic carbocycles. The minimum absolute atomic E-state index is 0.140. The Morgan fingerprint density at radius 2 is 1.90 bits per heavy atom. The molecule has 4 nitrogen and oxygen atoms in total. The second-order valence-electron chi connectivity index (χ2n) is 5.47. The van der Waals surface area contributed by atoms with E-state index in [0.29, 0.717) is 18.9 Å². The molecule has 0 aromatic heterocycles. The number of hydrogen-bond acceptors (Lipinski definition) is 3. The normalized spacial score (nSPS) is 13.9. The van der Waals surface area contributed by atoms with Crippen LogP contribution in [0.1, 0.15) is 34.1 Å². The van der Waals surface area contributed by atoms with E-state index in [1.54, 1.807) is 14.0 Å². The Balaban J connectivity index is 2.63. The molecular formula is C16H25NO3. The molecule has 20 heavy (non-hydrogen) atoms. The van der Waals surface area contributed by atoms with E-state index in [-0.39, 0.29) is 5.91 Å². The number of carbonyl (C=O) groups excluding carboxylic acids is 1. The van der Waals surface area contributed by atoms with Gasteiger partial charge in [0.05, 0.1) is 6.61 Å². The Labute approximate surface area is 121 Å². The summed E-state index contributed by atoms with van der Waals surface area (Å²) in [6.07, 6.45) is 0.616. The summed E-state index contributed by atoms with van der Waals surface area (Å²) >= 11 is 0. The van der Waals surface area contributed by atoms with Gasteiger partial charge in [-0.1, -0.05) is 20.8 Å². The zero-order valence-corrected chi connectivity index (χ0v) is 13.0. The minimum Gasteiger partial charge on any atom is -0.493 e. The van der Waals surface area contributed by atoms with Gasteiger partial charge in [0, 0.05) is 12.8 Å². The van der Waals surface area contributed by atoms with E-state index in [1.807, 2.05) is 31.2 Å². The molecule has 0 fully saturated rings. The van der Waals surface area contributed by atoms with Gasteiger partial charge >= 0.3 is 0 Å². The van der Waals surface area contributed by atoms with Crippen LogP contribution in [0.2, 0.25) is 0 Å². The minimum atomic E-state index is -0.799. The molecule has 0 spiro atoms. The van der Waals surface area contributed by atoms with Gasteiger partial charge in [-0.3, -0.25) is 4.79 Å². The van der Waals surface area contributed by atoms with Gasteiger partial charge in [-0.05, 0) is 43.5 Å². The van der Waals surface area contributed by atoms with E-state index in [1.165, 1.54) is 0 Å². The number of anilines is 1. The van der Waals surface area contributed by atoms with Crippen LogP contribution in [0.3, 0.4) is 0 Å². The van der Waals surface area contributed by atoms with Crippen LogP contribution in [-0.2, 0) is 9.53 Å². The van der Waals surface area contributed by atoms with Gasteiger partial charge in [0.25, 0.3) is 5.91 Å². The average molecular weight is 279 g/mol. The molecule has 1 amide bonds. The van der Waals surface area contributed by atoms with Crippen molar-refractivity contribution in [2.24, 2.45) is 5.92 Å². The van der Waals surface area contributed by atoms with Crippen molar-refractivity contribution in [2.45, 2.75) is 39.7 Å². The third-order valence-corrected chi connectivity index (χ3v) is 3.30. The Hall–Kier alpha value is -1.55. The molecular weight excluding hydrogens is 254 g/mol. The quantitative estimate of drug-likeness (QED) is 0.831. The molecule has 1 atom stereocenters. The maximum Gasteiger partial charge on any atom is 0.256 e. The smallest absolute Gasteiger partial charge is 0.256 e. The summed E-state index contributed by atoms with van der Waals surface area (Å²) in [5.74, 6) is 1.15. The first kappa shape index (κ1) is 16.5. The van der Waals surface area contributed by atoms with Gasteiger partial charge in [-0.15, -0.1) is 0 Å². The highest BCUT2D eigenvalue weighted by molar-refractivity contribution is 5.97. The number of nitrogens with one attached hydrogen (secondary N) is 1. The number of ether oxygens (including phenoxy) is 2. The van der Waals surface area contributed by atoms with Gasteiger partial charge in [0.2, 0.25) is 0 Å². The van der Waals surface area contributed by atoms with Gasteiger partial charge in [-0.25, -0.2) is 0 Å². The van der Waals surface area contributed by atoms with Crippen LogP contribution in [0.15, 0.2) is 24.3 Å². The Kier molecular flexibility index (Phi) is 6.02. The van der Waals surface area contributed by atoms with Crippen molar-refractivity contribution in [3.63, 3.8) is 0 Å². The number of carbonyl (C=O) groups is 1. The van der Waals surface area contributed by atoms with E-state index >= 15 is 0 Å². The van der Waals surface area contributed by atoms with Crippen molar-refractivity contribution in [3.8, 4) is 5.75 Å². The van der Waals surface area contributed by atoms with E-state index in [2.05, 4.69) is 19.2 Å². The predicted molar refractivity (Wildman–Crippen MR) is 81.1 cm³/mol. The third kappa shape index (κ3) is 4.53. The summed E-state index contributed by atoms with van der Waals surface area (Å²) in [5, 5.41) is 2.86. The fourth-order valence-electron chi connectivity index (χ4n) is 1.56. The third-order valence-electron chi connectivity index (χ3n) is 3.30. The second kappa shape index (κ2) is 7.29. The van der Waals surface area contributed by atoms with E-state index in [0.717, 1.165) is 11.4 Å². The van der Waals surface area contributed by atoms with Crippen LogP contribution in [0.5, 0.6) is 5.75 Å². The van der Waals surface area contributed by atoms with Crippen LogP contribution in [0, 0.1) is 5.92 Å². The van der Waals surface area contributed by atoms with Gasteiger partial charge in [0.15, 0.2) is 0 Å². The molecule has 0 saturated heterocycles. The summed E-state index contributed by atoms with van der Waals surface area (Å²) in [5.41, 5.74) is -0.0593. The molecule has 0 saturated carbocycles. The first-order valence-corrected chi connectivity index (χ1v) is 7.00. The van der Waals surface area contributed by atoms with Gasteiger partial charge in [0.1, 0.15) is 11.4 Å². The summed E-state index contributed by atoms with van der Waals surface area (Å²) in [7, 11) is 1.55. The summed E-state index contributed by atoms with van der Waals surface area (Å²) in [6.45, 7) is 8.59. The Morgan fingerprint density at radius 3 is 2.35 bits per heavy atom. The molecule has 0 aliphatic rings. The van der Waals surface area contributed by atoms with Crippen LogP contribution < -0.4 is 10.1 Å². The summed E-state index contributed by atoms with van der Waals surface area (Å²) in [6, 6.07) is 7.38. The molecule has 1 aromatic carbocycles. The zero-order chi connectivity index (χ0) is 15.2. The van der Waals surface area contributed by atoms with E-state index in [9.17, 15) is 4.79 Å². The summed E-state index contributed by atoms with van der Waals surface area (Å²) < 4.78 is 10.9. The zero-order valence-electron chi connectivity index (χ0n) is 13.0. The van der Waals surface area contributed by atoms with Crippen LogP contribution in [0.25, 0.3) is 0 Å². The maximum atomic E-state index is 12.1. The lowest BCUT2D eigenvalue weighted by Crippen LogP contribution is -2.41. The molecule has 1 N–H and O–H groups in total. The standard InChI is InChI=1S/C16H25NO3/c1-6-16(4,19-5)15(18)17-13-7-9-14(10-8-13)20-11-12(2)3/h7-10,12H,6,11H2,1-5H3,(H,17,18)/t16-/m1/s1. The average Bonchev–Trinajstić information content (AvgIpc) is 2.45. The Morgan fingerprint density at radius 1 is 1.30 bits per heavy atom. The number of rotatable bonds is 7. The first-order valence-electron chi connectivity index (χ1n) is 7.00. The Bertz CT molecular complexity index is 422. The molecule has 0 radical (unpaired) electrons. The lowest BCUT2D eigenvalue weighted by atomic mass is 10.0. The topological polar surface area (TPSA) is 47.6 Å². The SMILES string of the molecule is CC[C@@](C)(OC)C(=O)Nc1ccc(OCC(C)C)cc1. The van der Waals surface area contributed by atoms with E-state index < -0.39 is 5.60 Å². The number of amides is 1. The predicted octanol–water partition coefficient (Wildman–Crippen LogP) is 3.48. The second-order valence-corrected chi connectivity index (χ2v) is 5.47. The number of methoxy groups -OCH3 is 1.